The third-order valence-electron chi connectivity index (χ3n) is 3.44. The molecule has 0 radical (unpaired) electrons. The molecule has 0 saturated heterocycles. The van der Waals surface area contributed by atoms with Gasteiger partial charge in [-0.2, -0.15) is 5.10 Å². The second-order valence-electron chi connectivity index (χ2n) is 4.90. The number of nitrogens with zero attached hydrogens (tertiary/aromatic N) is 2. The molecule has 0 fully saturated rings. The highest BCUT2D eigenvalue weighted by atomic mass is 35.5. The fraction of sp³-hybridized carbons (Fsp3) is 0.400. The van der Waals surface area contributed by atoms with E-state index in [4.69, 9.17) is 11.6 Å². The number of nitrogens with one attached hydrogen (secondary N) is 1. The van der Waals surface area contributed by atoms with Crippen molar-refractivity contribution in [3.05, 3.63) is 52.3 Å². The van der Waals surface area contributed by atoms with E-state index in [9.17, 15) is 0 Å². The Kier molecular flexibility index (Phi) is 4.61. The molecule has 1 heterocycles. The van der Waals surface area contributed by atoms with E-state index in [2.05, 4.69) is 29.6 Å². The summed E-state index contributed by atoms with van der Waals surface area (Å²) in [6.45, 7) is 2.11. The van der Waals surface area contributed by atoms with E-state index in [1.165, 1.54) is 16.7 Å². The third-order valence-corrected chi connectivity index (χ3v) is 3.67. The van der Waals surface area contributed by atoms with Crippen molar-refractivity contribution in [3.63, 3.8) is 0 Å². The number of hydrogen-bond donors (Lipinski definition) is 1. The largest absolute Gasteiger partial charge is 0.313 e. The van der Waals surface area contributed by atoms with Gasteiger partial charge in [0, 0.05) is 24.3 Å². The Bertz CT molecular complexity index is 548. The Morgan fingerprint density at radius 3 is 2.79 bits per heavy atom. The number of aryl methyl sites for hydroxylation is 3. The van der Waals surface area contributed by atoms with Crippen molar-refractivity contribution in [1.82, 2.24) is 15.1 Å². The number of hydrogen-bond acceptors (Lipinski definition) is 2. The van der Waals surface area contributed by atoms with E-state index in [-0.39, 0.29) is 0 Å². The molecule has 1 unspecified atom stereocenters. The highest BCUT2D eigenvalue weighted by Gasteiger charge is 2.12. The number of halogens is 1. The van der Waals surface area contributed by atoms with Crippen molar-refractivity contribution >= 4 is 11.6 Å². The minimum absolute atomic E-state index is 0.345. The smallest absolute Gasteiger partial charge is 0.0521 e. The summed E-state index contributed by atoms with van der Waals surface area (Å²) in [5.74, 6) is 0. The van der Waals surface area contributed by atoms with Crippen LogP contribution in [0.1, 0.15) is 29.2 Å². The van der Waals surface area contributed by atoms with E-state index in [1.54, 1.807) is 0 Å². The first-order chi connectivity index (χ1) is 9.10. The van der Waals surface area contributed by atoms with Gasteiger partial charge in [0.1, 0.15) is 0 Å². The Morgan fingerprint density at radius 2 is 2.21 bits per heavy atom. The molecule has 1 N–H and O–H groups in total. The van der Waals surface area contributed by atoms with Gasteiger partial charge in [0.15, 0.2) is 0 Å². The van der Waals surface area contributed by atoms with Crippen molar-refractivity contribution in [2.24, 2.45) is 7.05 Å². The molecule has 0 bridgehead atoms. The molecule has 2 aromatic rings. The highest BCUT2D eigenvalue weighted by molar-refractivity contribution is 6.30. The average molecular weight is 278 g/mol. The van der Waals surface area contributed by atoms with E-state index in [0.29, 0.717) is 6.04 Å². The van der Waals surface area contributed by atoms with Crippen LogP contribution in [-0.2, 0) is 13.5 Å². The van der Waals surface area contributed by atoms with E-state index < -0.39 is 0 Å². The van der Waals surface area contributed by atoms with Crippen LogP contribution >= 0.6 is 11.6 Å². The van der Waals surface area contributed by atoms with Crippen LogP contribution in [0.3, 0.4) is 0 Å². The Balaban J connectivity index is 2.07. The monoisotopic (exact) mass is 277 g/mol. The summed E-state index contributed by atoms with van der Waals surface area (Å²) >= 11 is 6.01. The SMILES string of the molecule is CNC(CCc1cnn(C)c1)c1ccc(Cl)cc1C. The predicted octanol–water partition coefficient (Wildman–Crippen LogP) is 3.28. The average Bonchev–Trinajstić information content (AvgIpc) is 2.78. The minimum Gasteiger partial charge on any atom is -0.313 e. The van der Waals surface area contributed by atoms with E-state index in [0.717, 1.165) is 17.9 Å². The van der Waals surface area contributed by atoms with Gasteiger partial charge in [-0.1, -0.05) is 17.7 Å². The number of benzene rings is 1. The van der Waals surface area contributed by atoms with Crippen LogP contribution in [0.15, 0.2) is 30.6 Å². The lowest BCUT2D eigenvalue weighted by Gasteiger charge is -2.18. The van der Waals surface area contributed by atoms with Crippen LogP contribution in [0.25, 0.3) is 0 Å². The molecule has 4 heteroatoms. The number of rotatable bonds is 5. The van der Waals surface area contributed by atoms with Gasteiger partial charge in [-0.05, 0) is 55.6 Å². The highest BCUT2D eigenvalue weighted by Crippen LogP contribution is 2.24. The van der Waals surface area contributed by atoms with Gasteiger partial charge in [-0.3, -0.25) is 4.68 Å². The minimum atomic E-state index is 0.345. The molecular weight excluding hydrogens is 258 g/mol. The quantitative estimate of drug-likeness (QED) is 0.909. The molecule has 0 saturated carbocycles. The van der Waals surface area contributed by atoms with Gasteiger partial charge in [0.25, 0.3) is 0 Å². The normalized spacial score (nSPS) is 12.6. The molecule has 0 aliphatic heterocycles. The molecule has 102 valence electrons. The van der Waals surface area contributed by atoms with Crippen molar-refractivity contribution in [2.45, 2.75) is 25.8 Å². The fourth-order valence-corrected chi connectivity index (χ4v) is 2.62. The van der Waals surface area contributed by atoms with E-state index >= 15 is 0 Å². The maximum atomic E-state index is 6.01. The summed E-state index contributed by atoms with van der Waals surface area (Å²) in [5.41, 5.74) is 3.82. The second kappa shape index (κ2) is 6.22. The van der Waals surface area contributed by atoms with Crippen molar-refractivity contribution in [2.75, 3.05) is 7.05 Å². The molecule has 1 aromatic heterocycles. The first-order valence-electron chi connectivity index (χ1n) is 6.51. The molecule has 0 aliphatic carbocycles. The molecule has 0 spiro atoms. The molecule has 1 aromatic carbocycles. The van der Waals surface area contributed by atoms with Crippen molar-refractivity contribution in [1.29, 1.82) is 0 Å². The van der Waals surface area contributed by atoms with E-state index in [1.807, 2.05) is 37.1 Å². The standard InChI is InChI=1S/C15H20ClN3/c1-11-8-13(16)5-6-14(11)15(17-2)7-4-12-9-18-19(3)10-12/h5-6,8-10,15,17H,4,7H2,1-3H3. The summed E-state index contributed by atoms with van der Waals surface area (Å²) in [5, 5.41) is 8.38. The molecule has 19 heavy (non-hydrogen) atoms. The lowest BCUT2D eigenvalue weighted by Crippen LogP contribution is -2.18. The first kappa shape index (κ1) is 14.1. The predicted molar refractivity (Wildman–Crippen MR) is 79.5 cm³/mol. The van der Waals surface area contributed by atoms with Crippen LogP contribution < -0.4 is 5.32 Å². The van der Waals surface area contributed by atoms with Gasteiger partial charge in [0.05, 0.1) is 6.20 Å². The van der Waals surface area contributed by atoms with Crippen LogP contribution in [-0.4, -0.2) is 16.8 Å². The zero-order chi connectivity index (χ0) is 13.8. The topological polar surface area (TPSA) is 29.9 Å². The molecule has 3 nitrogen and oxygen atoms in total. The summed E-state index contributed by atoms with van der Waals surface area (Å²) in [6, 6.07) is 6.43. The van der Waals surface area contributed by atoms with Crippen LogP contribution in [0.5, 0.6) is 0 Å². The first-order valence-corrected chi connectivity index (χ1v) is 6.89. The molecular formula is C15H20ClN3. The summed E-state index contributed by atoms with van der Waals surface area (Å²) < 4.78 is 1.84. The Hall–Kier alpha value is -1.32. The lowest BCUT2D eigenvalue weighted by molar-refractivity contribution is 0.546. The van der Waals surface area contributed by atoms with Crippen molar-refractivity contribution < 1.29 is 0 Å². The van der Waals surface area contributed by atoms with Gasteiger partial charge in [-0.25, -0.2) is 0 Å². The maximum Gasteiger partial charge on any atom is 0.0521 e. The fourth-order valence-electron chi connectivity index (χ4n) is 2.40. The lowest BCUT2D eigenvalue weighted by atomic mass is 9.96. The van der Waals surface area contributed by atoms with Crippen LogP contribution in [0, 0.1) is 6.92 Å². The zero-order valence-electron chi connectivity index (χ0n) is 11.7. The molecule has 2 rings (SSSR count). The maximum absolute atomic E-state index is 6.01. The number of aromatic nitrogens is 2. The summed E-state index contributed by atoms with van der Waals surface area (Å²) in [7, 11) is 3.95. The van der Waals surface area contributed by atoms with Gasteiger partial charge >= 0.3 is 0 Å². The van der Waals surface area contributed by atoms with Gasteiger partial charge in [-0.15, -0.1) is 0 Å². The second-order valence-corrected chi connectivity index (χ2v) is 5.34. The molecule has 1 atom stereocenters. The van der Waals surface area contributed by atoms with Crippen LogP contribution in [0.2, 0.25) is 5.02 Å². The zero-order valence-corrected chi connectivity index (χ0v) is 12.4. The Labute approximate surface area is 119 Å². The summed E-state index contributed by atoms with van der Waals surface area (Å²) in [6.07, 6.45) is 6.06. The third kappa shape index (κ3) is 3.58. The van der Waals surface area contributed by atoms with Gasteiger partial charge in [0.2, 0.25) is 0 Å². The summed E-state index contributed by atoms with van der Waals surface area (Å²) in [4.78, 5) is 0. The van der Waals surface area contributed by atoms with Crippen LogP contribution in [0.4, 0.5) is 0 Å². The molecule has 0 amide bonds. The van der Waals surface area contributed by atoms with Crippen molar-refractivity contribution in [3.8, 4) is 0 Å². The Morgan fingerprint density at radius 1 is 1.42 bits per heavy atom. The molecule has 0 aliphatic rings. The van der Waals surface area contributed by atoms with Gasteiger partial charge < -0.3 is 5.32 Å².